The fraction of sp³-hybridized carbons (Fsp3) is 0.167. The lowest BCUT2D eigenvalue weighted by molar-refractivity contribution is 0.0945. The molecule has 128 valence electrons. The van der Waals surface area contributed by atoms with Gasteiger partial charge in [-0.1, -0.05) is 53.7 Å². The Bertz CT molecular complexity index is 851. The summed E-state index contributed by atoms with van der Waals surface area (Å²) in [6.07, 6.45) is 0.695. The van der Waals surface area contributed by atoms with Crippen LogP contribution in [0.15, 0.2) is 60.8 Å². The number of carbonyl (C=O) groups excluding carboxylic acids is 1. The summed E-state index contributed by atoms with van der Waals surface area (Å²) in [7, 11) is 0. The van der Waals surface area contributed by atoms with Gasteiger partial charge in [-0.15, -0.1) is 5.10 Å². The van der Waals surface area contributed by atoms with Gasteiger partial charge in [-0.3, -0.25) is 4.79 Å². The number of aliphatic hydroxyl groups is 1. The van der Waals surface area contributed by atoms with Crippen LogP contribution in [0.3, 0.4) is 0 Å². The zero-order valence-electron chi connectivity index (χ0n) is 13.3. The summed E-state index contributed by atoms with van der Waals surface area (Å²) in [6, 6.07) is 15.4. The maximum Gasteiger partial charge on any atom is 0.273 e. The Morgan fingerprint density at radius 3 is 2.64 bits per heavy atom. The van der Waals surface area contributed by atoms with Gasteiger partial charge in [0.1, 0.15) is 5.82 Å². The second kappa shape index (κ2) is 7.67. The molecule has 1 atom stereocenters. The van der Waals surface area contributed by atoms with Gasteiger partial charge in [0.05, 0.1) is 18.8 Å². The topological polar surface area (TPSA) is 80.0 Å². The molecule has 0 aliphatic rings. The Morgan fingerprint density at radius 1 is 1.16 bits per heavy atom. The number of aliphatic hydroxyl groups excluding tert-OH is 1. The highest BCUT2D eigenvalue weighted by molar-refractivity contribution is 5.91. The predicted molar refractivity (Wildman–Crippen MR) is 89.0 cm³/mol. The first-order valence-corrected chi connectivity index (χ1v) is 7.78. The lowest BCUT2D eigenvalue weighted by Crippen LogP contribution is -2.23. The van der Waals surface area contributed by atoms with Crippen LogP contribution in [-0.4, -0.2) is 26.0 Å². The van der Waals surface area contributed by atoms with Gasteiger partial charge < -0.3 is 10.4 Å². The van der Waals surface area contributed by atoms with E-state index in [-0.39, 0.29) is 24.6 Å². The van der Waals surface area contributed by atoms with E-state index in [9.17, 15) is 14.3 Å². The van der Waals surface area contributed by atoms with E-state index in [1.807, 2.05) is 30.3 Å². The molecule has 0 radical (unpaired) electrons. The maximum absolute atomic E-state index is 13.5. The summed E-state index contributed by atoms with van der Waals surface area (Å²) >= 11 is 0. The second-order valence-electron chi connectivity index (χ2n) is 5.53. The van der Waals surface area contributed by atoms with Crippen molar-refractivity contribution in [2.45, 2.75) is 19.2 Å². The molecule has 7 heteroatoms. The van der Waals surface area contributed by atoms with Crippen LogP contribution in [0.25, 0.3) is 0 Å². The number of amides is 1. The summed E-state index contributed by atoms with van der Waals surface area (Å²) < 4.78 is 14.9. The van der Waals surface area contributed by atoms with Gasteiger partial charge >= 0.3 is 0 Å². The molecule has 3 aromatic rings. The average molecular weight is 340 g/mol. The zero-order chi connectivity index (χ0) is 17.6. The standard InChI is InChI=1S/C18H17FN4O2/c19-15-9-5-4-8-14(15)10-20-18(25)16-11-23(22-21-16)12-17(24)13-6-2-1-3-7-13/h1-9,11,17,24H,10,12H2,(H,20,25)/t17-/m0/s1. The van der Waals surface area contributed by atoms with E-state index in [0.717, 1.165) is 5.56 Å². The number of hydrogen-bond donors (Lipinski definition) is 2. The number of rotatable bonds is 6. The summed E-state index contributed by atoms with van der Waals surface area (Å²) in [6.45, 7) is 0.239. The molecule has 0 bridgehead atoms. The van der Waals surface area contributed by atoms with Crippen LogP contribution in [0.2, 0.25) is 0 Å². The fourth-order valence-corrected chi connectivity index (χ4v) is 2.36. The lowest BCUT2D eigenvalue weighted by Gasteiger charge is -2.09. The van der Waals surface area contributed by atoms with Gasteiger partial charge in [0.25, 0.3) is 5.91 Å². The van der Waals surface area contributed by atoms with E-state index < -0.39 is 12.0 Å². The minimum atomic E-state index is -0.753. The number of benzene rings is 2. The highest BCUT2D eigenvalue weighted by Crippen LogP contribution is 2.14. The Balaban J connectivity index is 1.59. The third kappa shape index (κ3) is 4.27. The van der Waals surface area contributed by atoms with Crippen molar-refractivity contribution in [3.05, 3.63) is 83.4 Å². The van der Waals surface area contributed by atoms with Gasteiger partial charge in [-0.2, -0.15) is 0 Å². The summed E-state index contributed by atoms with van der Waals surface area (Å²) in [5.74, 6) is -0.832. The van der Waals surface area contributed by atoms with E-state index in [0.29, 0.717) is 5.56 Å². The quantitative estimate of drug-likeness (QED) is 0.720. The second-order valence-corrected chi connectivity index (χ2v) is 5.53. The molecule has 1 aromatic heterocycles. The van der Waals surface area contributed by atoms with Crippen LogP contribution in [0.5, 0.6) is 0 Å². The SMILES string of the molecule is O=C(NCc1ccccc1F)c1cn(C[C@H](O)c2ccccc2)nn1. The Hall–Kier alpha value is -3.06. The lowest BCUT2D eigenvalue weighted by atomic mass is 10.1. The summed E-state index contributed by atoms with van der Waals surface area (Å²) in [5.41, 5.74) is 1.25. The minimum absolute atomic E-state index is 0.0605. The first-order chi connectivity index (χ1) is 12.1. The highest BCUT2D eigenvalue weighted by Gasteiger charge is 2.14. The third-order valence-electron chi connectivity index (χ3n) is 3.71. The van der Waals surface area contributed by atoms with Crippen LogP contribution < -0.4 is 5.32 Å². The van der Waals surface area contributed by atoms with Crippen molar-refractivity contribution in [1.82, 2.24) is 20.3 Å². The molecule has 0 aliphatic heterocycles. The smallest absolute Gasteiger partial charge is 0.273 e. The Morgan fingerprint density at radius 2 is 1.88 bits per heavy atom. The van der Waals surface area contributed by atoms with Crippen molar-refractivity contribution < 1.29 is 14.3 Å². The maximum atomic E-state index is 13.5. The van der Waals surface area contributed by atoms with Gasteiger partial charge in [0.15, 0.2) is 5.69 Å². The molecule has 2 aromatic carbocycles. The molecule has 0 saturated carbocycles. The predicted octanol–water partition coefficient (Wildman–Crippen LogP) is 2.08. The van der Waals surface area contributed by atoms with E-state index in [1.165, 1.54) is 16.9 Å². The molecule has 25 heavy (non-hydrogen) atoms. The fourth-order valence-electron chi connectivity index (χ4n) is 2.36. The van der Waals surface area contributed by atoms with Crippen molar-refractivity contribution in [2.75, 3.05) is 0 Å². The molecule has 1 amide bonds. The van der Waals surface area contributed by atoms with E-state index >= 15 is 0 Å². The summed E-state index contributed by atoms with van der Waals surface area (Å²) in [5, 5.41) is 20.4. The number of hydrogen-bond acceptors (Lipinski definition) is 4. The van der Waals surface area contributed by atoms with Gasteiger partial charge in [-0.05, 0) is 11.6 Å². The van der Waals surface area contributed by atoms with E-state index in [4.69, 9.17) is 0 Å². The minimum Gasteiger partial charge on any atom is -0.386 e. The Labute approximate surface area is 143 Å². The molecule has 3 rings (SSSR count). The zero-order valence-corrected chi connectivity index (χ0v) is 13.3. The van der Waals surface area contributed by atoms with Gasteiger partial charge in [0, 0.05) is 12.1 Å². The number of nitrogens with zero attached hydrogens (tertiary/aromatic N) is 3. The van der Waals surface area contributed by atoms with Crippen LogP contribution in [0.1, 0.15) is 27.7 Å². The van der Waals surface area contributed by atoms with E-state index in [2.05, 4.69) is 15.6 Å². The van der Waals surface area contributed by atoms with Crippen molar-refractivity contribution in [3.8, 4) is 0 Å². The van der Waals surface area contributed by atoms with E-state index in [1.54, 1.807) is 18.2 Å². The average Bonchev–Trinajstić information content (AvgIpc) is 3.10. The van der Waals surface area contributed by atoms with Crippen LogP contribution in [-0.2, 0) is 13.1 Å². The molecular formula is C18H17FN4O2. The Kier molecular flexibility index (Phi) is 5.15. The van der Waals surface area contributed by atoms with Crippen LogP contribution >= 0.6 is 0 Å². The molecule has 0 unspecified atom stereocenters. The first-order valence-electron chi connectivity index (χ1n) is 7.78. The van der Waals surface area contributed by atoms with Gasteiger partial charge in [0.2, 0.25) is 0 Å². The molecule has 1 heterocycles. The first kappa shape index (κ1) is 16.8. The molecule has 0 saturated heterocycles. The number of nitrogens with one attached hydrogen (secondary N) is 1. The molecule has 6 nitrogen and oxygen atoms in total. The number of aromatic nitrogens is 3. The third-order valence-corrected chi connectivity index (χ3v) is 3.71. The monoisotopic (exact) mass is 340 g/mol. The largest absolute Gasteiger partial charge is 0.386 e. The molecule has 0 fully saturated rings. The van der Waals surface area contributed by atoms with Crippen molar-refractivity contribution in [3.63, 3.8) is 0 Å². The highest BCUT2D eigenvalue weighted by atomic mass is 19.1. The molecular weight excluding hydrogens is 323 g/mol. The molecule has 2 N–H and O–H groups in total. The van der Waals surface area contributed by atoms with Crippen LogP contribution in [0, 0.1) is 5.82 Å². The normalized spacial score (nSPS) is 11.9. The van der Waals surface area contributed by atoms with Crippen molar-refractivity contribution in [2.24, 2.45) is 0 Å². The summed E-state index contributed by atoms with van der Waals surface area (Å²) in [4.78, 5) is 12.1. The van der Waals surface area contributed by atoms with Gasteiger partial charge in [-0.25, -0.2) is 9.07 Å². The van der Waals surface area contributed by atoms with Crippen molar-refractivity contribution >= 4 is 5.91 Å². The molecule has 0 aliphatic carbocycles. The van der Waals surface area contributed by atoms with Crippen LogP contribution in [0.4, 0.5) is 4.39 Å². The molecule has 0 spiro atoms. The van der Waals surface area contributed by atoms with Crippen molar-refractivity contribution in [1.29, 1.82) is 0 Å². The number of halogens is 1. The number of carbonyl (C=O) groups is 1.